The van der Waals surface area contributed by atoms with Crippen LogP contribution in [0.25, 0.3) is 0 Å². The van der Waals surface area contributed by atoms with E-state index in [2.05, 4.69) is 0 Å². The highest BCUT2D eigenvalue weighted by molar-refractivity contribution is 5.49. The van der Waals surface area contributed by atoms with Crippen molar-refractivity contribution >= 4 is 0 Å². The van der Waals surface area contributed by atoms with Gasteiger partial charge in [0.2, 0.25) is 0 Å². The van der Waals surface area contributed by atoms with Gasteiger partial charge < -0.3 is 24.4 Å². The summed E-state index contributed by atoms with van der Waals surface area (Å²) >= 11 is 0. The minimum absolute atomic E-state index is 0.00541. The number of aliphatic hydroxyl groups excluding tert-OH is 2. The Labute approximate surface area is 193 Å². The Balaban J connectivity index is 0.000000323. The van der Waals surface area contributed by atoms with Gasteiger partial charge in [-0.3, -0.25) is 0 Å². The van der Waals surface area contributed by atoms with Crippen molar-refractivity contribution in [1.82, 2.24) is 0 Å². The SMILES string of the molecule is CC(C)=CCOc1ccc(CCO)cc1.COc1cc(CO)cc(C)c1OCC=C(C)C. The second kappa shape index (κ2) is 15.1. The van der Waals surface area contributed by atoms with Gasteiger partial charge in [0.05, 0.1) is 13.7 Å². The molecule has 0 aliphatic rings. The van der Waals surface area contributed by atoms with Crippen molar-refractivity contribution in [2.75, 3.05) is 26.9 Å². The number of allylic oxidation sites excluding steroid dienone is 2. The van der Waals surface area contributed by atoms with E-state index in [-0.39, 0.29) is 13.2 Å². The molecule has 0 atom stereocenters. The van der Waals surface area contributed by atoms with Gasteiger partial charge in [0.15, 0.2) is 11.5 Å². The smallest absolute Gasteiger partial charge is 0.164 e. The third-order valence-corrected chi connectivity index (χ3v) is 4.49. The van der Waals surface area contributed by atoms with E-state index in [1.54, 1.807) is 13.2 Å². The molecule has 0 unspecified atom stereocenters. The van der Waals surface area contributed by atoms with Crippen LogP contribution in [0.5, 0.6) is 17.2 Å². The van der Waals surface area contributed by atoms with E-state index in [1.165, 1.54) is 11.1 Å². The number of aryl methyl sites for hydroxylation is 1. The highest BCUT2D eigenvalue weighted by Crippen LogP contribution is 2.32. The van der Waals surface area contributed by atoms with Gasteiger partial charge in [-0.25, -0.2) is 0 Å². The van der Waals surface area contributed by atoms with Crippen LogP contribution in [0.1, 0.15) is 44.4 Å². The van der Waals surface area contributed by atoms with Crippen molar-refractivity contribution in [3.63, 3.8) is 0 Å². The summed E-state index contributed by atoms with van der Waals surface area (Å²) in [6.07, 6.45) is 4.76. The summed E-state index contributed by atoms with van der Waals surface area (Å²) in [6.45, 7) is 11.4. The molecule has 0 heterocycles. The lowest BCUT2D eigenvalue weighted by atomic mass is 10.1. The van der Waals surface area contributed by atoms with Crippen LogP contribution in [-0.4, -0.2) is 37.1 Å². The van der Waals surface area contributed by atoms with Crippen LogP contribution in [0.2, 0.25) is 0 Å². The zero-order chi connectivity index (χ0) is 23.9. The largest absolute Gasteiger partial charge is 0.493 e. The molecule has 0 spiro atoms. The van der Waals surface area contributed by atoms with Gasteiger partial charge >= 0.3 is 0 Å². The molecule has 176 valence electrons. The first-order valence-corrected chi connectivity index (χ1v) is 10.8. The van der Waals surface area contributed by atoms with Gasteiger partial charge in [-0.2, -0.15) is 0 Å². The van der Waals surface area contributed by atoms with Crippen LogP contribution in [0.3, 0.4) is 0 Å². The molecule has 32 heavy (non-hydrogen) atoms. The summed E-state index contributed by atoms with van der Waals surface area (Å²) in [7, 11) is 1.60. The zero-order valence-corrected chi connectivity index (χ0v) is 20.3. The quantitative estimate of drug-likeness (QED) is 0.482. The summed E-state index contributed by atoms with van der Waals surface area (Å²) in [4.78, 5) is 0. The third-order valence-electron chi connectivity index (χ3n) is 4.49. The Morgan fingerprint density at radius 1 is 0.844 bits per heavy atom. The molecule has 0 aromatic heterocycles. The Kier molecular flexibility index (Phi) is 12.9. The highest BCUT2D eigenvalue weighted by Gasteiger charge is 2.09. The van der Waals surface area contributed by atoms with Crippen LogP contribution in [0, 0.1) is 6.92 Å². The Hall–Kier alpha value is -2.76. The van der Waals surface area contributed by atoms with Gasteiger partial charge in [0.25, 0.3) is 0 Å². The lowest BCUT2D eigenvalue weighted by molar-refractivity contribution is 0.279. The van der Waals surface area contributed by atoms with Crippen LogP contribution in [0.4, 0.5) is 0 Å². The molecule has 2 aromatic carbocycles. The van der Waals surface area contributed by atoms with E-state index in [4.69, 9.17) is 24.4 Å². The topological polar surface area (TPSA) is 68.2 Å². The number of rotatable bonds is 10. The number of hydrogen-bond donors (Lipinski definition) is 2. The molecule has 2 N–H and O–H groups in total. The van der Waals surface area contributed by atoms with Crippen molar-refractivity contribution in [3.05, 3.63) is 76.4 Å². The van der Waals surface area contributed by atoms with Crippen LogP contribution < -0.4 is 14.2 Å². The van der Waals surface area contributed by atoms with E-state index >= 15 is 0 Å². The van der Waals surface area contributed by atoms with E-state index in [1.807, 2.05) is 77.1 Å². The third kappa shape index (κ3) is 10.5. The van der Waals surface area contributed by atoms with E-state index in [9.17, 15) is 0 Å². The molecule has 5 heteroatoms. The summed E-state index contributed by atoms with van der Waals surface area (Å²) in [5, 5.41) is 17.9. The molecular formula is C27H38O5. The second-order valence-corrected chi connectivity index (χ2v) is 7.90. The van der Waals surface area contributed by atoms with E-state index in [0.717, 1.165) is 28.2 Å². The van der Waals surface area contributed by atoms with Crippen molar-refractivity contribution < 1.29 is 24.4 Å². The van der Waals surface area contributed by atoms with Crippen LogP contribution >= 0.6 is 0 Å². The maximum absolute atomic E-state index is 9.12. The van der Waals surface area contributed by atoms with Gasteiger partial charge in [-0.15, -0.1) is 0 Å². The number of benzene rings is 2. The average molecular weight is 443 g/mol. The molecule has 0 saturated carbocycles. The molecule has 0 aliphatic carbocycles. The number of ether oxygens (including phenoxy) is 3. The van der Waals surface area contributed by atoms with Gasteiger partial charge in [0.1, 0.15) is 19.0 Å². The molecule has 2 rings (SSSR count). The van der Waals surface area contributed by atoms with Crippen molar-refractivity contribution in [3.8, 4) is 17.2 Å². The van der Waals surface area contributed by atoms with Crippen molar-refractivity contribution in [1.29, 1.82) is 0 Å². The first kappa shape index (κ1) is 27.3. The molecule has 0 radical (unpaired) electrons. The second-order valence-electron chi connectivity index (χ2n) is 7.90. The lowest BCUT2D eigenvalue weighted by Gasteiger charge is -2.13. The minimum atomic E-state index is 0.00541. The van der Waals surface area contributed by atoms with Crippen molar-refractivity contribution in [2.45, 2.75) is 47.6 Å². The van der Waals surface area contributed by atoms with E-state index < -0.39 is 0 Å². The first-order chi connectivity index (χ1) is 15.3. The molecule has 2 aromatic rings. The van der Waals surface area contributed by atoms with Gasteiger partial charge in [-0.05, 0) is 94.1 Å². The van der Waals surface area contributed by atoms with Gasteiger partial charge in [0, 0.05) is 6.61 Å². The summed E-state index contributed by atoms with van der Waals surface area (Å²) in [5.41, 5.74) is 5.40. The number of aliphatic hydroxyl groups is 2. The molecular weight excluding hydrogens is 404 g/mol. The Morgan fingerprint density at radius 2 is 1.44 bits per heavy atom. The minimum Gasteiger partial charge on any atom is -0.493 e. The highest BCUT2D eigenvalue weighted by atomic mass is 16.5. The van der Waals surface area contributed by atoms with Crippen LogP contribution in [-0.2, 0) is 13.0 Å². The van der Waals surface area contributed by atoms with Crippen LogP contribution in [0.15, 0.2) is 59.7 Å². The summed E-state index contributed by atoms with van der Waals surface area (Å²) in [5.74, 6) is 2.27. The van der Waals surface area contributed by atoms with Crippen molar-refractivity contribution in [2.24, 2.45) is 0 Å². The summed E-state index contributed by atoms with van der Waals surface area (Å²) in [6, 6.07) is 11.5. The molecule has 0 aliphatic heterocycles. The maximum Gasteiger partial charge on any atom is 0.164 e. The lowest BCUT2D eigenvalue weighted by Crippen LogP contribution is -2.00. The van der Waals surface area contributed by atoms with Gasteiger partial charge in [-0.1, -0.05) is 23.3 Å². The van der Waals surface area contributed by atoms with E-state index in [0.29, 0.717) is 25.4 Å². The molecule has 5 nitrogen and oxygen atoms in total. The summed E-state index contributed by atoms with van der Waals surface area (Å²) < 4.78 is 16.5. The molecule has 0 saturated heterocycles. The first-order valence-electron chi connectivity index (χ1n) is 10.8. The fourth-order valence-corrected chi connectivity index (χ4v) is 2.72. The predicted octanol–water partition coefficient (Wildman–Crippen LogP) is 5.41. The normalized spacial score (nSPS) is 9.88. The molecule has 0 fully saturated rings. The Morgan fingerprint density at radius 3 is 1.94 bits per heavy atom. The maximum atomic E-state index is 9.12. The average Bonchev–Trinajstić information content (AvgIpc) is 2.76. The fraction of sp³-hybridized carbons (Fsp3) is 0.407. The monoisotopic (exact) mass is 442 g/mol. The zero-order valence-electron chi connectivity index (χ0n) is 20.3. The predicted molar refractivity (Wildman–Crippen MR) is 131 cm³/mol. The molecule has 0 amide bonds. The standard InChI is InChI=1S/C14H20O3.C13H18O2/c1-10(2)5-6-17-14-11(3)7-12(9-15)8-13(14)16-4;1-11(2)8-10-15-13-5-3-12(4-6-13)7-9-14/h5,7-8,15H,6,9H2,1-4H3;3-6,8,14H,7,9-10H2,1-2H3. The fourth-order valence-electron chi connectivity index (χ4n) is 2.72. The number of hydrogen-bond acceptors (Lipinski definition) is 5. The molecule has 0 bridgehead atoms. The Bertz CT molecular complexity index is 858. The number of methoxy groups -OCH3 is 1.